The maximum atomic E-state index is 2.50. The van der Waals surface area contributed by atoms with Crippen molar-refractivity contribution in [2.45, 2.75) is 13.3 Å². The second kappa shape index (κ2) is 14.8. The topological polar surface area (TPSA) is 8.17 Å². The van der Waals surface area contributed by atoms with Gasteiger partial charge in [-0.1, -0.05) is 177 Å². The number of rotatable bonds is 8. The summed E-state index contributed by atoms with van der Waals surface area (Å²) in [5, 5.41) is 2.48. The Labute approximate surface area is 334 Å². The molecular formula is C55H42N2. The molecule has 0 fully saturated rings. The lowest BCUT2D eigenvalue weighted by molar-refractivity contribution is 0.749. The molecule has 0 saturated carbocycles. The molecule has 0 spiro atoms. The van der Waals surface area contributed by atoms with Gasteiger partial charge in [-0.25, -0.2) is 0 Å². The molecule has 10 rings (SSSR count). The highest BCUT2D eigenvalue weighted by atomic mass is 15.2. The van der Waals surface area contributed by atoms with Gasteiger partial charge in [0.05, 0.1) is 16.7 Å². The van der Waals surface area contributed by atoms with E-state index in [1.165, 1.54) is 72.0 Å². The summed E-state index contributed by atoms with van der Waals surface area (Å²) in [4.78, 5) is 2.50. The predicted molar refractivity (Wildman–Crippen MR) is 242 cm³/mol. The van der Waals surface area contributed by atoms with Crippen LogP contribution in [0.4, 0.5) is 11.4 Å². The van der Waals surface area contributed by atoms with Crippen LogP contribution in [0, 0.1) is 5.92 Å². The zero-order valence-electron chi connectivity index (χ0n) is 32.0. The van der Waals surface area contributed by atoms with Crippen LogP contribution in [0.3, 0.4) is 0 Å². The minimum Gasteiger partial charge on any atom is -0.310 e. The number of hydrogen-bond acceptors (Lipinski definition) is 1. The minimum absolute atomic E-state index is 0.348. The largest absolute Gasteiger partial charge is 0.310 e. The second-order valence-corrected chi connectivity index (χ2v) is 14.9. The van der Waals surface area contributed by atoms with E-state index in [2.05, 4.69) is 235 Å². The molecule has 1 aliphatic rings. The number of para-hydroxylation sites is 2. The van der Waals surface area contributed by atoms with Crippen molar-refractivity contribution in [3.63, 3.8) is 0 Å². The number of aromatic nitrogens is 1. The molecule has 9 aromatic rings. The Balaban J connectivity index is 1.22. The van der Waals surface area contributed by atoms with Crippen LogP contribution in [-0.2, 0) is 0 Å². The van der Waals surface area contributed by atoms with E-state index in [4.69, 9.17) is 0 Å². The Morgan fingerprint density at radius 1 is 0.474 bits per heavy atom. The van der Waals surface area contributed by atoms with Gasteiger partial charge >= 0.3 is 0 Å². The van der Waals surface area contributed by atoms with Crippen LogP contribution in [0.15, 0.2) is 224 Å². The van der Waals surface area contributed by atoms with Crippen molar-refractivity contribution in [2.75, 3.05) is 4.90 Å². The van der Waals surface area contributed by atoms with Crippen LogP contribution in [0.5, 0.6) is 0 Å². The highest BCUT2D eigenvalue weighted by molar-refractivity contribution is 6.16. The molecule has 2 nitrogen and oxygen atoms in total. The highest BCUT2D eigenvalue weighted by Crippen LogP contribution is 2.46. The van der Waals surface area contributed by atoms with Gasteiger partial charge in [0, 0.05) is 33.4 Å². The van der Waals surface area contributed by atoms with Gasteiger partial charge in [-0.3, -0.25) is 0 Å². The number of fused-ring (bicyclic) bond motifs is 3. The SMILES string of the molecule is CC1CC=CC(N(c2cccc(-c3cccc4c3c3ccc(-c5ccccc5)cc3n4-c3ccccc3)c2)c2ccccc2-c2ccccc2)=C1c1ccccc1. The molecule has 1 heterocycles. The third-order valence-corrected chi connectivity index (χ3v) is 11.4. The maximum Gasteiger partial charge on any atom is 0.0547 e. The van der Waals surface area contributed by atoms with Crippen LogP contribution in [0.1, 0.15) is 18.9 Å². The number of nitrogens with zero attached hydrogens (tertiary/aromatic N) is 2. The summed E-state index contributed by atoms with van der Waals surface area (Å²) in [6, 6.07) is 74.9. The Morgan fingerprint density at radius 2 is 1.09 bits per heavy atom. The molecule has 57 heavy (non-hydrogen) atoms. The summed E-state index contributed by atoms with van der Waals surface area (Å²) < 4.78 is 2.43. The molecule has 1 atom stereocenters. The van der Waals surface area contributed by atoms with E-state index in [9.17, 15) is 0 Å². The quantitative estimate of drug-likeness (QED) is 0.151. The van der Waals surface area contributed by atoms with Gasteiger partial charge in [-0.15, -0.1) is 0 Å². The zero-order chi connectivity index (χ0) is 38.1. The Bertz CT molecular complexity index is 2920. The van der Waals surface area contributed by atoms with Crippen molar-refractivity contribution in [1.29, 1.82) is 0 Å². The smallest absolute Gasteiger partial charge is 0.0547 e. The van der Waals surface area contributed by atoms with Crippen LogP contribution >= 0.6 is 0 Å². The summed E-state index contributed by atoms with van der Waals surface area (Å²) in [5.74, 6) is 0.348. The van der Waals surface area contributed by atoms with Crippen molar-refractivity contribution in [1.82, 2.24) is 4.57 Å². The molecule has 0 saturated heterocycles. The lowest BCUT2D eigenvalue weighted by Crippen LogP contribution is -2.21. The van der Waals surface area contributed by atoms with Gasteiger partial charge in [0.1, 0.15) is 0 Å². The highest BCUT2D eigenvalue weighted by Gasteiger charge is 2.26. The first-order valence-electron chi connectivity index (χ1n) is 19.9. The Morgan fingerprint density at radius 3 is 1.84 bits per heavy atom. The molecule has 1 unspecified atom stereocenters. The average Bonchev–Trinajstić information content (AvgIpc) is 3.62. The number of anilines is 2. The summed E-state index contributed by atoms with van der Waals surface area (Å²) >= 11 is 0. The zero-order valence-corrected chi connectivity index (χ0v) is 32.0. The minimum atomic E-state index is 0.348. The van der Waals surface area contributed by atoms with E-state index in [-0.39, 0.29) is 0 Å². The standard InChI is InChI=1S/C55H42N2/c1-39-19-16-33-51(54(39)42-24-10-4-11-25-42)57(50-32-15-14-30-47(50)41-22-8-3-9-23-41)46-29-17-26-44(37-46)48-31-18-34-52-55(48)49-36-35-43(40-20-6-2-7-21-40)38-53(49)56(52)45-27-12-5-13-28-45/h2-18,20-39H,19H2,1H3. The molecule has 0 aliphatic heterocycles. The molecule has 1 aliphatic carbocycles. The summed E-state index contributed by atoms with van der Waals surface area (Å²) in [5.41, 5.74) is 16.8. The number of hydrogen-bond donors (Lipinski definition) is 0. The Kier molecular flexibility index (Phi) is 8.93. The second-order valence-electron chi connectivity index (χ2n) is 14.9. The van der Waals surface area contributed by atoms with E-state index >= 15 is 0 Å². The third kappa shape index (κ3) is 6.26. The van der Waals surface area contributed by atoms with Crippen LogP contribution < -0.4 is 4.90 Å². The molecule has 8 aromatic carbocycles. The third-order valence-electron chi connectivity index (χ3n) is 11.4. The summed E-state index contributed by atoms with van der Waals surface area (Å²) in [7, 11) is 0. The van der Waals surface area contributed by atoms with Gasteiger partial charge in [0.25, 0.3) is 0 Å². The van der Waals surface area contributed by atoms with Crippen molar-refractivity contribution in [2.24, 2.45) is 5.92 Å². The van der Waals surface area contributed by atoms with Crippen molar-refractivity contribution in [3.05, 3.63) is 230 Å². The van der Waals surface area contributed by atoms with Gasteiger partial charge < -0.3 is 9.47 Å². The molecule has 2 heteroatoms. The van der Waals surface area contributed by atoms with Crippen molar-refractivity contribution in [3.8, 4) is 39.1 Å². The van der Waals surface area contributed by atoms with Crippen LogP contribution in [-0.4, -0.2) is 4.57 Å². The summed E-state index contributed by atoms with van der Waals surface area (Å²) in [6.45, 7) is 2.36. The normalized spacial score (nSPS) is 14.0. The molecule has 0 amide bonds. The first-order chi connectivity index (χ1) is 28.2. The van der Waals surface area contributed by atoms with Gasteiger partial charge in [0.2, 0.25) is 0 Å². The van der Waals surface area contributed by atoms with E-state index in [1.807, 2.05) is 0 Å². The molecule has 1 aromatic heterocycles. The van der Waals surface area contributed by atoms with Crippen molar-refractivity contribution >= 4 is 38.8 Å². The molecule has 0 radical (unpaired) electrons. The van der Waals surface area contributed by atoms with Crippen LogP contribution in [0.25, 0.3) is 66.4 Å². The fraction of sp³-hybridized carbons (Fsp3) is 0.0545. The first-order valence-corrected chi connectivity index (χ1v) is 19.9. The number of allylic oxidation sites excluding steroid dienone is 3. The van der Waals surface area contributed by atoms with Crippen LogP contribution in [0.2, 0.25) is 0 Å². The van der Waals surface area contributed by atoms with E-state index in [1.54, 1.807) is 0 Å². The average molecular weight is 731 g/mol. The lowest BCUT2D eigenvalue weighted by Gasteiger charge is -2.34. The Hall–Kier alpha value is -7.16. The molecule has 272 valence electrons. The van der Waals surface area contributed by atoms with Gasteiger partial charge in [-0.05, 0) is 99.8 Å². The van der Waals surface area contributed by atoms with E-state index in [0.717, 1.165) is 23.5 Å². The predicted octanol–water partition coefficient (Wildman–Crippen LogP) is 14.9. The molecular weight excluding hydrogens is 689 g/mol. The van der Waals surface area contributed by atoms with Crippen molar-refractivity contribution < 1.29 is 0 Å². The summed E-state index contributed by atoms with van der Waals surface area (Å²) in [6.07, 6.45) is 5.69. The molecule has 0 bridgehead atoms. The number of benzene rings is 8. The maximum absolute atomic E-state index is 2.50. The fourth-order valence-electron chi connectivity index (χ4n) is 8.81. The first kappa shape index (κ1) is 34.3. The fourth-order valence-corrected chi connectivity index (χ4v) is 8.81. The van der Waals surface area contributed by atoms with E-state index in [0.29, 0.717) is 5.92 Å². The lowest BCUT2D eigenvalue weighted by atomic mass is 9.85. The van der Waals surface area contributed by atoms with E-state index < -0.39 is 0 Å². The van der Waals surface area contributed by atoms with Gasteiger partial charge in [0.15, 0.2) is 0 Å². The molecule has 0 N–H and O–H groups in total. The van der Waals surface area contributed by atoms with Gasteiger partial charge in [-0.2, -0.15) is 0 Å². The monoisotopic (exact) mass is 730 g/mol.